The molecule has 120 valence electrons. The minimum Gasteiger partial charge on any atom is -0.444 e. The zero-order valence-corrected chi connectivity index (χ0v) is 14.7. The van der Waals surface area contributed by atoms with E-state index in [0.717, 1.165) is 5.00 Å². The lowest BCUT2D eigenvalue weighted by Gasteiger charge is -2.40. The summed E-state index contributed by atoms with van der Waals surface area (Å²) in [5.74, 6) is 0. The summed E-state index contributed by atoms with van der Waals surface area (Å²) in [6, 6.07) is 2.07. The minimum absolute atomic E-state index is 0.0176. The molecular weight excluding hydrogens is 324 g/mol. The number of carbonyl (C=O) groups excluding carboxylic acids is 1. The van der Waals surface area contributed by atoms with E-state index in [4.69, 9.17) is 16.3 Å². The molecule has 0 unspecified atom stereocenters. The predicted molar refractivity (Wildman–Crippen MR) is 86.5 cm³/mol. The lowest BCUT2D eigenvalue weighted by Crippen LogP contribution is -2.55. The normalized spacial score (nSPS) is 19.0. The maximum atomic E-state index is 12.2. The highest BCUT2D eigenvalue weighted by Gasteiger charge is 2.32. The van der Waals surface area contributed by atoms with E-state index < -0.39 is 5.60 Å². The molecule has 1 saturated heterocycles. The quantitative estimate of drug-likeness (QED) is 0.784. The number of nitrogens with zero attached hydrogens (tertiary/aromatic N) is 4. The van der Waals surface area contributed by atoms with Gasteiger partial charge in [-0.3, -0.25) is 0 Å². The minimum atomic E-state index is -0.507. The van der Waals surface area contributed by atoms with E-state index in [1.807, 2.05) is 32.6 Å². The molecule has 0 saturated carbocycles. The van der Waals surface area contributed by atoms with Crippen LogP contribution < -0.4 is 4.90 Å². The van der Waals surface area contributed by atoms with Gasteiger partial charge in [0.1, 0.15) is 22.2 Å². The molecule has 0 aromatic carbocycles. The van der Waals surface area contributed by atoms with Crippen molar-refractivity contribution >= 4 is 34.2 Å². The molecule has 0 spiro atoms. The molecule has 1 aliphatic heterocycles. The monoisotopic (exact) mass is 342 g/mol. The molecule has 0 bridgehead atoms. The molecule has 0 aliphatic carbocycles. The highest BCUT2D eigenvalue weighted by atomic mass is 35.5. The first-order valence-electron chi connectivity index (χ1n) is 7.02. The Morgan fingerprint density at radius 1 is 1.50 bits per heavy atom. The number of halogens is 1. The van der Waals surface area contributed by atoms with E-state index in [2.05, 4.69) is 10.4 Å². The third kappa shape index (κ3) is 3.62. The average Bonchev–Trinajstić information content (AvgIpc) is 2.77. The summed E-state index contributed by atoms with van der Waals surface area (Å²) in [6.07, 6.45) is -0.303. The molecule has 1 fully saturated rings. The second kappa shape index (κ2) is 6.31. The number of nitriles is 1. The van der Waals surface area contributed by atoms with Gasteiger partial charge in [-0.1, -0.05) is 11.6 Å². The molecule has 6 nitrogen and oxygen atoms in total. The van der Waals surface area contributed by atoms with Crippen LogP contribution in [0.5, 0.6) is 0 Å². The molecule has 22 heavy (non-hydrogen) atoms. The van der Waals surface area contributed by atoms with Crippen molar-refractivity contribution in [2.75, 3.05) is 24.5 Å². The van der Waals surface area contributed by atoms with Gasteiger partial charge in [0.15, 0.2) is 5.15 Å². The average molecular weight is 343 g/mol. The second-order valence-electron chi connectivity index (χ2n) is 6.23. The number of rotatable bonds is 1. The third-order valence-corrected chi connectivity index (χ3v) is 4.57. The smallest absolute Gasteiger partial charge is 0.410 e. The number of carbonyl (C=O) groups is 1. The van der Waals surface area contributed by atoms with Crippen molar-refractivity contribution in [2.45, 2.75) is 39.3 Å². The van der Waals surface area contributed by atoms with Gasteiger partial charge in [0.25, 0.3) is 0 Å². The van der Waals surface area contributed by atoms with E-state index in [1.165, 1.54) is 11.5 Å². The molecule has 2 heterocycles. The Labute approximate surface area is 139 Å². The molecule has 0 radical (unpaired) electrons. The first-order valence-corrected chi connectivity index (χ1v) is 8.18. The highest BCUT2D eigenvalue weighted by molar-refractivity contribution is 7.10. The van der Waals surface area contributed by atoms with Crippen LogP contribution in [0.4, 0.5) is 9.80 Å². The SMILES string of the molecule is C[C@@H]1CN(c2snc(Cl)c2C#N)CCN1C(=O)OC(C)(C)C. The van der Waals surface area contributed by atoms with Crippen molar-refractivity contribution in [3.63, 3.8) is 0 Å². The highest BCUT2D eigenvalue weighted by Crippen LogP contribution is 2.32. The number of hydrogen-bond acceptors (Lipinski definition) is 6. The molecule has 1 aromatic rings. The van der Waals surface area contributed by atoms with Gasteiger partial charge in [0.05, 0.1) is 0 Å². The van der Waals surface area contributed by atoms with Crippen molar-refractivity contribution in [1.29, 1.82) is 5.26 Å². The molecule has 0 N–H and O–H groups in total. The number of anilines is 1. The summed E-state index contributed by atoms with van der Waals surface area (Å²) in [4.78, 5) is 16.0. The molecule has 1 atom stereocenters. The first kappa shape index (κ1) is 16.8. The Balaban J connectivity index is 2.07. The van der Waals surface area contributed by atoms with E-state index >= 15 is 0 Å². The van der Waals surface area contributed by atoms with Crippen molar-refractivity contribution in [3.05, 3.63) is 10.7 Å². The Hall–Kier alpha value is -1.52. The Bertz CT molecular complexity index is 605. The topological polar surface area (TPSA) is 69.5 Å². The van der Waals surface area contributed by atoms with Crippen LogP contribution in [-0.2, 0) is 4.74 Å². The van der Waals surface area contributed by atoms with E-state index in [1.54, 1.807) is 4.90 Å². The molecule has 2 rings (SSSR count). The zero-order valence-electron chi connectivity index (χ0n) is 13.1. The van der Waals surface area contributed by atoms with Gasteiger partial charge in [-0.15, -0.1) is 0 Å². The number of amides is 1. The molecule has 1 aromatic heterocycles. The van der Waals surface area contributed by atoms with Gasteiger partial charge in [-0.05, 0) is 39.2 Å². The lowest BCUT2D eigenvalue weighted by atomic mass is 10.2. The van der Waals surface area contributed by atoms with Crippen molar-refractivity contribution in [2.24, 2.45) is 0 Å². The van der Waals surface area contributed by atoms with E-state index in [-0.39, 0.29) is 17.3 Å². The van der Waals surface area contributed by atoms with Crippen LogP contribution >= 0.6 is 23.1 Å². The van der Waals surface area contributed by atoms with Crippen LogP contribution in [0, 0.1) is 11.3 Å². The summed E-state index contributed by atoms with van der Waals surface area (Å²) >= 11 is 7.13. The fraction of sp³-hybridized carbons (Fsp3) is 0.643. The maximum Gasteiger partial charge on any atom is 0.410 e. The van der Waals surface area contributed by atoms with Crippen LogP contribution in [-0.4, -0.2) is 46.6 Å². The van der Waals surface area contributed by atoms with E-state index in [9.17, 15) is 10.1 Å². The van der Waals surface area contributed by atoms with Crippen LogP contribution in [0.2, 0.25) is 5.15 Å². The molecule has 1 aliphatic rings. The Kier molecular flexibility index (Phi) is 4.83. The number of ether oxygens (including phenoxy) is 1. The van der Waals surface area contributed by atoms with Gasteiger partial charge in [0, 0.05) is 25.7 Å². The van der Waals surface area contributed by atoms with Gasteiger partial charge in [0.2, 0.25) is 0 Å². The number of piperazine rings is 1. The standard InChI is InChI=1S/C14H19ClN4O2S/c1-9-8-18(12-10(7-16)11(15)17-22-12)5-6-19(9)13(20)21-14(2,3)4/h9H,5-6,8H2,1-4H3/t9-/m1/s1. The summed E-state index contributed by atoms with van der Waals surface area (Å²) in [5.41, 5.74) is -0.0998. The fourth-order valence-electron chi connectivity index (χ4n) is 2.31. The second-order valence-corrected chi connectivity index (χ2v) is 7.34. The van der Waals surface area contributed by atoms with Gasteiger partial charge < -0.3 is 14.5 Å². The van der Waals surface area contributed by atoms with Crippen LogP contribution in [0.15, 0.2) is 0 Å². The molecule has 8 heteroatoms. The van der Waals surface area contributed by atoms with Gasteiger partial charge in [-0.2, -0.15) is 9.64 Å². The van der Waals surface area contributed by atoms with Crippen molar-refractivity contribution < 1.29 is 9.53 Å². The Morgan fingerprint density at radius 2 is 2.18 bits per heavy atom. The zero-order chi connectivity index (χ0) is 16.5. The third-order valence-electron chi connectivity index (χ3n) is 3.29. The van der Waals surface area contributed by atoms with Gasteiger partial charge in [-0.25, -0.2) is 4.79 Å². The summed E-state index contributed by atoms with van der Waals surface area (Å²) in [5, 5.41) is 10.2. The number of aromatic nitrogens is 1. The molecule has 1 amide bonds. The molecular formula is C14H19ClN4O2S. The van der Waals surface area contributed by atoms with Crippen molar-refractivity contribution in [1.82, 2.24) is 9.27 Å². The van der Waals surface area contributed by atoms with Crippen molar-refractivity contribution in [3.8, 4) is 6.07 Å². The fourth-order valence-corrected chi connectivity index (χ4v) is 3.37. The predicted octanol–water partition coefficient (Wildman–Crippen LogP) is 3.11. The summed E-state index contributed by atoms with van der Waals surface area (Å²) in [6.45, 7) is 9.30. The number of hydrogen-bond donors (Lipinski definition) is 0. The van der Waals surface area contributed by atoms with Gasteiger partial charge >= 0.3 is 6.09 Å². The largest absolute Gasteiger partial charge is 0.444 e. The van der Waals surface area contributed by atoms with Crippen LogP contribution in [0.25, 0.3) is 0 Å². The van der Waals surface area contributed by atoms with E-state index in [0.29, 0.717) is 25.2 Å². The maximum absolute atomic E-state index is 12.2. The Morgan fingerprint density at radius 3 is 2.73 bits per heavy atom. The van der Waals surface area contributed by atoms with Crippen LogP contribution in [0.1, 0.15) is 33.3 Å². The first-order chi connectivity index (χ1) is 10.2. The van der Waals surface area contributed by atoms with Crippen LogP contribution in [0.3, 0.4) is 0 Å². The summed E-state index contributed by atoms with van der Waals surface area (Å²) in [7, 11) is 0. The summed E-state index contributed by atoms with van der Waals surface area (Å²) < 4.78 is 9.45. The lowest BCUT2D eigenvalue weighted by molar-refractivity contribution is 0.0159.